The Hall–Kier alpha value is -3.07. The third-order valence-corrected chi connectivity index (χ3v) is 5.85. The third-order valence-electron chi connectivity index (χ3n) is 5.85. The number of methoxy groups -OCH3 is 2. The van der Waals surface area contributed by atoms with Crippen LogP contribution in [0.5, 0.6) is 17.2 Å². The van der Waals surface area contributed by atoms with Gasteiger partial charge < -0.3 is 28.5 Å². The van der Waals surface area contributed by atoms with Gasteiger partial charge in [0.25, 0.3) is 0 Å². The zero-order valence-electron chi connectivity index (χ0n) is 19.2. The maximum Gasteiger partial charge on any atom is 0.344 e. The number of benzene rings is 2. The van der Waals surface area contributed by atoms with Crippen molar-refractivity contribution in [2.45, 2.75) is 13.5 Å². The summed E-state index contributed by atoms with van der Waals surface area (Å²) in [6.07, 6.45) is 0. The Morgan fingerprint density at radius 1 is 1.00 bits per heavy atom. The second-order valence-corrected chi connectivity index (χ2v) is 7.95. The first kappa shape index (κ1) is 23.1. The second kappa shape index (κ2) is 10.2. The lowest BCUT2D eigenvalue weighted by molar-refractivity contribution is 0.110. The molecule has 3 aromatic rings. The van der Waals surface area contributed by atoms with Crippen molar-refractivity contribution in [1.29, 1.82) is 0 Å². The van der Waals surface area contributed by atoms with Crippen molar-refractivity contribution in [1.82, 2.24) is 4.90 Å². The molecule has 0 saturated heterocycles. The van der Waals surface area contributed by atoms with E-state index in [1.54, 1.807) is 38.5 Å². The lowest BCUT2D eigenvalue weighted by Crippen LogP contribution is -2.30. The van der Waals surface area contributed by atoms with Gasteiger partial charge in [0.05, 0.1) is 24.3 Å². The molecule has 4 rings (SSSR count). The fourth-order valence-electron chi connectivity index (χ4n) is 4.08. The van der Waals surface area contributed by atoms with Crippen molar-refractivity contribution in [3.8, 4) is 28.4 Å². The molecule has 8 nitrogen and oxygen atoms in total. The van der Waals surface area contributed by atoms with Crippen LogP contribution in [0.2, 0.25) is 0 Å². The Morgan fingerprint density at radius 3 is 2.39 bits per heavy atom. The SMILES string of the molecule is COCCN(CCOC)Cc1c(O)ccc2c(C)c(-c3ccc4c(c3)OCCO4)c(=O)oc12. The van der Waals surface area contributed by atoms with E-state index in [4.69, 9.17) is 23.4 Å². The predicted molar refractivity (Wildman–Crippen MR) is 124 cm³/mol. The molecule has 0 spiro atoms. The number of aromatic hydroxyl groups is 1. The Kier molecular flexibility index (Phi) is 7.17. The van der Waals surface area contributed by atoms with E-state index in [-0.39, 0.29) is 5.75 Å². The molecule has 33 heavy (non-hydrogen) atoms. The van der Waals surface area contributed by atoms with E-state index in [9.17, 15) is 9.90 Å². The van der Waals surface area contributed by atoms with Crippen molar-refractivity contribution >= 4 is 11.0 Å². The van der Waals surface area contributed by atoms with E-state index >= 15 is 0 Å². The molecular formula is C25H29NO7. The summed E-state index contributed by atoms with van der Waals surface area (Å²) in [4.78, 5) is 15.2. The van der Waals surface area contributed by atoms with Gasteiger partial charge in [-0.2, -0.15) is 0 Å². The number of nitrogens with zero attached hydrogens (tertiary/aromatic N) is 1. The average Bonchev–Trinajstić information content (AvgIpc) is 2.82. The molecule has 0 bridgehead atoms. The van der Waals surface area contributed by atoms with E-state index in [1.807, 2.05) is 13.0 Å². The third kappa shape index (κ3) is 4.83. The second-order valence-electron chi connectivity index (χ2n) is 7.95. The van der Waals surface area contributed by atoms with Crippen LogP contribution in [-0.2, 0) is 16.0 Å². The van der Waals surface area contributed by atoms with E-state index in [1.165, 1.54) is 0 Å². The van der Waals surface area contributed by atoms with Gasteiger partial charge in [0.2, 0.25) is 0 Å². The molecule has 0 atom stereocenters. The fourth-order valence-corrected chi connectivity index (χ4v) is 4.08. The number of phenols is 1. The Labute approximate surface area is 192 Å². The summed E-state index contributed by atoms with van der Waals surface area (Å²) in [5.41, 5.74) is 2.42. The quantitative estimate of drug-likeness (QED) is 0.492. The molecule has 1 N–H and O–H groups in total. The maximum atomic E-state index is 13.1. The molecule has 176 valence electrons. The van der Waals surface area contributed by atoms with Crippen molar-refractivity contribution in [3.63, 3.8) is 0 Å². The van der Waals surface area contributed by atoms with E-state index in [0.717, 1.165) is 10.9 Å². The Bertz CT molecular complexity index is 1180. The van der Waals surface area contributed by atoms with Crippen LogP contribution in [0.3, 0.4) is 0 Å². The lowest BCUT2D eigenvalue weighted by Gasteiger charge is -2.23. The van der Waals surface area contributed by atoms with Crippen molar-refractivity contribution in [2.24, 2.45) is 0 Å². The molecule has 0 amide bonds. The molecule has 0 aliphatic carbocycles. The summed E-state index contributed by atoms with van der Waals surface area (Å²) in [5.74, 6) is 1.35. The standard InChI is InChI=1S/C25H29NO7/c1-16-18-5-6-20(27)19(15-26(8-10-29-2)9-11-30-3)24(18)33-25(28)23(16)17-4-7-21-22(14-17)32-13-12-31-21/h4-7,14,27H,8-13,15H2,1-3H3. The zero-order valence-corrected chi connectivity index (χ0v) is 19.2. The number of aryl methyl sites for hydroxylation is 1. The molecule has 2 heterocycles. The minimum absolute atomic E-state index is 0.0805. The van der Waals surface area contributed by atoms with Gasteiger partial charge in [-0.1, -0.05) is 6.07 Å². The van der Waals surface area contributed by atoms with Gasteiger partial charge in [-0.25, -0.2) is 4.79 Å². The number of ether oxygens (including phenoxy) is 4. The summed E-state index contributed by atoms with van der Waals surface area (Å²) >= 11 is 0. The van der Waals surface area contributed by atoms with Gasteiger partial charge in [0.15, 0.2) is 11.5 Å². The first-order valence-corrected chi connectivity index (χ1v) is 10.9. The highest BCUT2D eigenvalue weighted by Gasteiger charge is 2.21. The first-order valence-electron chi connectivity index (χ1n) is 10.9. The van der Waals surface area contributed by atoms with Gasteiger partial charge in [-0.3, -0.25) is 4.90 Å². The number of hydrogen-bond acceptors (Lipinski definition) is 8. The molecule has 0 unspecified atom stereocenters. The summed E-state index contributed by atoms with van der Waals surface area (Å²) < 4.78 is 27.5. The molecule has 0 fully saturated rings. The molecule has 1 aromatic heterocycles. The van der Waals surface area contributed by atoms with E-state index in [0.29, 0.717) is 79.8 Å². The van der Waals surface area contributed by atoms with Crippen LogP contribution in [0.25, 0.3) is 22.1 Å². The molecule has 1 aliphatic rings. The minimum Gasteiger partial charge on any atom is -0.507 e. The van der Waals surface area contributed by atoms with Crippen LogP contribution in [0.1, 0.15) is 11.1 Å². The van der Waals surface area contributed by atoms with Crippen LogP contribution in [0.15, 0.2) is 39.5 Å². The molecule has 0 radical (unpaired) electrons. The first-order chi connectivity index (χ1) is 16.0. The van der Waals surface area contributed by atoms with Crippen molar-refractivity contribution < 1.29 is 28.5 Å². The van der Waals surface area contributed by atoms with E-state index in [2.05, 4.69) is 4.90 Å². The summed E-state index contributed by atoms with van der Waals surface area (Å²) in [6.45, 7) is 5.61. The van der Waals surface area contributed by atoms with Crippen molar-refractivity contribution in [3.05, 3.63) is 51.9 Å². The number of fused-ring (bicyclic) bond motifs is 2. The van der Waals surface area contributed by atoms with Crippen LogP contribution >= 0.6 is 0 Å². The van der Waals surface area contributed by atoms with Crippen LogP contribution in [0.4, 0.5) is 0 Å². The molecule has 0 saturated carbocycles. The Balaban J connectivity index is 1.77. The number of hydrogen-bond donors (Lipinski definition) is 1. The Morgan fingerprint density at radius 2 is 1.70 bits per heavy atom. The summed E-state index contributed by atoms with van der Waals surface area (Å²) in [6, 6.07) is 8.86. The van der Waals surface area contributed by atoms with Gasteiger partial charge in [0, 0.05) is 39.2 Å². The van der Waals surface area contributed by atoms with Gasteiger partial charge in [-0.15, -0.1) is 0 Å². The van der Waals surface area contributed by atoms with Gasteiger partial charge >= 0.3 is 5.63 Å². The molecule has 1 aliphatic heterocycles. The molecule has 8 heteroatoms. The zero-order chi connectivity index (χ0) is 23.4. The minimum atomic E-state index is -0.469. The highest BCUT2D eigenvalue weighted by atomic mass is 16.6. The van der Waals surface area contributed by atoms with E-state index < -0.39 is 5.63 Å². The van der Waals surface area contributed by atoms with Crippen LogP contribution < -0.4 is 15.1 Å². The largest absolute Gasteiger partial charge is 0.507 e. The average molecular weight is 456 g/mol. The highest BCUT2D eigenvalue weighted by Crippen LogP contribution is 2.37. The highest BCUT2D eigenvalue weighted by molar-refractivity contribution is 5.90. The maximum absolute atomic E-state index is 13.1. The van der Waals surface area contributed by atoms with Crippen LogP contribution in [-0.4, -0.2) is 63.7 Å². The lowest BCUT2D eigenvalue weighted by atomic mass is 9.97. The molecular weight excluding hydrogens is 426 g/mol. The van der Waals surface area contributed by atoms with Gasteiger partial charge in [-0.05, 0) is 42.3 Å². The number of phenolic OH excluding ortho intramolecular Hbond substituents is 1. The monoisotopic (exact) mass is 455 g/mol. The normalized spacial score (nSPS) is 13.1. The van der Waals surface area contributed by atoms with Crippen LogP contribution in [0, 0.1) is 6.92 Å². The van der Waals surface area contributed by atoms with Gasteiger partial charge in [0.1, 0.15) is 24.5 Å². The topological polar surface area (TPSA) is 90.6 Å². The van der Waals surface area contributed by atoms with Crippen molar-refractivity contribution in [2.75, 3.05) is 53.7 Å². The predicted octanol–water partition coefficient (Wildman–Crippen LogP) is 3.34. The fraction of sp³-hybridized carbons (Fsp3) is 0.400. The smallest absolute Gasteiger partial charge is 0.344 e. The summed E-state index contributed by atoms with van der Waals surface area (Å²) in [7, 11) is 3.29. The summed E-state index contributed by atoms with van der Waals surface area (Å²) in [5, 5.41) is 11.4. The number of rotatable bonds is 9. The molecule has 2 aromatic carbocycles.